The fraction of sp³-hybridized carbons (Fsp3) is 0.333. The Morgan fingerprint density at radius 1 is 1.35 bits per heavy atom. The van der Waals surface area contributed by atoms with Gasteiger partial charge in [-0.25, -0.2) is 4.98 Å². The molecule has 0 aliphatic rings. The minimum Gasteiger partial charge on any atom is -0.494 e. The summed E-state index contributed by atoms with van der Waals surface area (Å²) in [6.45, 7) is 4.42. The third-order valence-corrected chi connectivity index (χ3v) is 3.61. The highest BCUT2D eigenvalue weighted by atomic mass is 32.2. The van der Waals surface area contributed by atoms with E-state index in [0.29, 0.717) is 23.7 Å². The molecule has 2 aromatic rings. The third-order valence-electron chi connectivity index (χ3n) is 3.03. The summed E-state index contributed by atoms with van der Waals surface area (Å²) in [5, 5.41) is 0.648. The van der Waals surface area contributed by atoms with Crippen LogP contribution in [0.4, 0.5) is 0 Å². The zero-order valence-corrected chi connectivity index (χ0v) is 12.7. The highest BCUT2D eigenvalue weighted by molar-refractivity contribution is 7.98. The standard InChI is InChI=1S/C15H18N2O2S/c1-4-19-13-8-6-5-7-11(13)9-12-10(2)16-15(20-3)17-14(12)18/h5-8H,4,9H2,1-3H3,(H,16,17,18). The summed E-state index contributed by atoms with van der Waals surface area (Å²) in [4.78, 5) is 19.3. The lowest BCUT2D eigenvalue weighted by atomic mass is 10.0. The molecule has 0 fully saturated rings. The molecule has 20 heavy (non-hydrogen) atoms. The summed E-state index contributed by atoms with van der Waals surface area (Å²) in [5.74, 6) is 0.822. The van der Waals surface area contributed by atoms with Crippen LogP contribution in [0.3, 0.4) is 0 Å². The first-order valence-electron chi connectivity index (χ1n) is 6.50. The van der Waals surface area contributed by atoms with Crippen LogP contribution >= 0.6 is 11.8 Å². The second-order valence-corrected chi connectivity index (χ2v) is 5.15. The Hall–Kier alpha value is -1.75. The van der Waals surface area contributed by atoms with Crippen LogP contribution in [0, 0.1) is 6.92 Å². The Balaban J connectivity index is 2.38. The number of hydrogen-bond donors (Lipinski definition) is 1. The first-order valence-corrected chi connectivity index (χ1v) is 7.72. The molecule has 0 spiro atoms. The molecule has 0 saturated carbocycles. The van der Waals surface area contributed by atoms with Gasteiger partial charge in [-0.05, 0) is 31.7 Å². The molecule has 0 amide bonds. The molecular weight excluding hydrogens is 272 g/mol. The molecule has 1 aromatic carbocycles. The number of nitrogens with one attached hydrogen (secondary N) is 1. The molecule has 1 N–H and O–H groups in total. The number of aromatic amines is 1. The van der Waals surface area contributed by atoms with Crippen LogP contribution in [0.25, 0.3) is 0 Å². The van der Waals surface area contributed by atoms with Crippen LogP contribution in [0.2, 0.25) is 0 Å². The maximum absolute atomic E-state index is 12.1. The van der Waals surface area contributed by atoms with Crippen molar-refractivity contribution in [3.05, 3.63) is 51.4 Å². The van der Waals surface area contributed by atoms with Crippen molar-refractivity contribution in [2.75, 3.05) is 12.9 Å². The van der Waals surface area contributed by atoms with Crippen LogP contribution in [0.5, 0.6) is 5.75 Å². The maximum Gasteiger partial charge on any atom is 0.255 e. The monoisotopic (exact) mass is 290 g/mol. The summed E-state index contributed by atoms with van der Waals surface area (Å²) < 4.78 is 5.60. The molecule has 2 rings (SSSR count). The number of aryl methyl sites for hydroxylation is 1. The molecule has 0 aliphatic heterocycles. The number of rotatable bonds is 5. The van der Waals surface area contributed by atoms with Crippen molar-refractivity contribution in [2.45, 2.75) is 25.4 Å². The van der Waals surface area contributed by atoms with E-state index in [9.17, 15) is 4.79 Å². The Morgan fingerprint density at radius 3 is 2.75 bits per heavy atom. The lowest BCUT2D eigenvalue weighted by Gasteiger charge is -2.11. The fourth-order valence-corrected chi connectivity index (χ4v) is 2.45. The van der Waals surface area contributed by atoms with Gasteiger partial charge in [0, 0.05) is 17.7 Å². The van der Waals surface area contributed by atoms with Gasteiger partial charge in [0.05, 0.1) is 6.61 Å². The summed E-state index contributed by atoms with van der Waals surface area (Å²) in [5.41, 5.74) is 2.38. The van der Waals surface area contributed by atoms with Crippen molar-refractivity contribution in [2.24, 2.45) is 0 Å². The smallest absolute Gasteiger partial charge is 0.255 e. The average Bonchev–Trinajstić information content (AvgIpc) is 2.44. The number of thioether (sulfide) groups is 1. The number of ether oxygens (including phenoxy) is 1. The molecule has 0 aliphatic carbocycles. The predicted molar refractivity (Wildman–Crippen MR) is 81.8 cm³/mol. The van der Waals surface area contributed by atoms with E-state index in [-0.39, 0.29) is 5.56 Å². The normalized spacial score (nSPS) is 10.6. The zero-order chi connectivity index (χ0) is 14.5. The van der Waals surface area contributed by atoms with Crippen molar-refractivity contribution in [3.8, 4) is 5.75 Å². The molecular formula is C15H18N2O2S. The molecule has 0 saturated heterocycles. The summed E-state index contributed by atoms with van der Waals surface area (Å²) in [6.07, 6.45) is 2.42. The number of hydrogen-bond acceptors (Lipinski definition) is 4. The van der Waals surface area contributed by atoms with Crippen molar-refractivity contribution >= 4 is 11.8 Å². The van der Waals surface area contributed by atoms with Gasteiger partial charge >= 0.3 is 0 Å². The van der Waals surface area contributed by atoms with Crippen LogP contribution in [0.1, 0.15) is 23.7 Å². The minimum atomic E-state index is -0.0758. The number of para-hydroxylation sites is 1. The molecule has 1 aromatic heterocycles. The van der Waals surface area contributed by atoms with Gasteiger partial charge in [-0.1, -0.05) is 30.0 Å². The second kappa shape index (κ2) is 6.61. The largest absolute Gasteiger partial charge is 0.494 e. The van der Waals surface area contributed by atoms with E-state index >= 15 is 0 Å². The predicted octanol–water partition coefficient (Wildman–Crippen LogP) is 2.79. The van der Waals surface area contributed by atoms with Crippen molar-refractivity contribution < 1.29 is 4.74 Å². The van der Waals surface area contributed by atoms with Gasteiger partial charge in [-0.3, -0.25) is 4.79 Å². The molecule has 1 heterocycles. The number of aromatic nitrogens is 2. The van der Waals surface area contributed by atoms with E-state index in [1.54, 1.807) is 0 Å². The van der Waals surface area contributed by atoms with Gasteiger partial charge < -0.3 is 9.72 Å². The first-order chi connectivity index (χ1) is 9.65. The van der Waals surface area contributed by atoms with E-state index in [0.717, 1.165) is 17.0 Å². The maximum atomic E-state index is 12.1. The molecule has 106 valence electrons. The molecule has 0 atom stereocenters. The van der Waals surface area contributed by atoms with E-state index in [2.05, 4.69) is 9.97 Å². The molecule has 0 bridgehead atoms. The summed E-state index contributed by atoms with van der Waals surface area (Å²) >= 11 is 1.43. The van der Waals surface area contributed by atoms with Gasteiger partial charge in [-0.2, -0.15) is 0 Å². The summed E-state index contributed by atoms with van der Waals surface area (Å²) in [6, 6.07) is 7.78. The van der Waals surface area contributed by atoms with E-state index in [1.165, 1.54) is 11.8 Å². The zero-order valence-electron chi connectivity index (χ0n) is 11.9. The minimum absolute atomic E-state index is 0.0758. The number of nitrogens with zero attached hydrogens (tertiary/aromatic N) is 1. The van der Waals surface area contributed by atoms with Crippen molar-refractivity contribution in [3.63, 3.8) is 0 Å². The highest BCUT2D eigenvalue weighted by Gasteiger charge is 2.11. The van der Waals surface area contributed by atoms with Gasteiger partial charge in [-0.15, -0.1) is 0 Å². The topological polar surface area (TPSA) is 55.0 Å². The third kappa shape index (κ3) is 3.22. The Labute approximate surface area is 122 Å². The van der Waals surface area contributed by atoms with Crippen LogP contribution < -0.4 is 10.3 Å². The van der Waals surface area contributed by atoms with Gasteiger partial charge in [0.15, 0.2) is 5.16 Å². The van der Waals surface area contributed by atoms with Crippen LogP contribution in [-0.2, 0) is 6.42 Å². The van der Waals surface area contributed by atoms with Gasteiger partial charge in [0.25, 0.3) is 5.56 Å². The lowest BCUT2D eigenvalue weighted by Crippen LogP contribution is -2.17. The van der Waals surface area contributed by atoms with Crippen molar-refractivity contribution in [1.82, 2.24) is 9.97 Å². The number of benzene rings is 1. The van der Waals surface area contributed by atoms with E-state index < -0.39 is 0 Å². The molecule has 5 heteroatoms. The second-order valence-electron chi connectivity index (χ2n) is 4.36. The Kier molecular flexibility index (Phi) is 4.84. The van der Waals surface area contributed by atoms with Crippen LogP contribution in [-0.4, -0.2) is 22.8 Å². The summed E-state index contributed by atoms with van der Waals surface area (Å²) in [7, 11) is 0. The quantitative estimate of drug-likeness (QED) is 0.679. The molecule has 0 radical (unpaired) electrons. The lowest BCUT2D eigenvalue weighted by molar-refractivity contribution is 0.337. The highest BCUT2D eigenvalue weighted by Crippen LogP contribution is 2.21. The first kappa shape index (κ1) is 14.7. The van der Waals surface area contributed by atoms with Crippen molar-refractivity contribution in [1.29, 1.82) is 0 Å². The van der Waals surface area contributed by atoms with Crippen LogP contribution in [0.15, 0.2) is 34.2 Å². The number of H-pyrrole nitrogens is 1. The Bertz CT molecular complexity index is 653. The fourth-order valence-electron chi connectivity index (χ4n) is 2.03. The van der Waals surface area contributed by atoms with Gasteiger partial charge in [0.2, 0.25) is 0 Å². The molecule has 4 nitrogen and oxygen atoms in total. The molecule has 0 unspecified atom stereocenters. The average molecular weight is 290 g/mol. The van der Waals surface area contributed by atoms with Gasteiger partial charge in [0.1, 0.15) is 5.75 Å². The van der Waals surface area contributed by atoms with E-state index in [4.69, 9.17) is 4.74 Å². The SMILES string of the molecule is CCOc1ccccc1Cc1c(C)nc(SC)[nH]c1=O. The van der Waals surface area contributed by atoms with E-state index in [1.807, 2.05) is 44.4 Å². The Morgan fingerprint density at radius 2 is 2.10 bits per heavy atom.